The van der Waals surface area contributed by atoms with Gasteiger partial charge in [0.2, 0.25) is 0 Å². The Kier molecular flexibility index (Phi) is 9.69. The molecule has 2 aliphatic carbocycles. The first-order valence-corrected chi connectivity index (χ1v) is 22.4. The van der Waals surface area contributed by atoms with Crippen molar-refractivity contribution >= 4 is 62.0 Å². The molecule has 2 aliphatic rings. The van der Waals surface area contributed by atoms with E-state index in [2.05, 4.69) is 127 Å². The van der Waals surface area contributed by atoms with E-state index in [9.17, 15) is 0 Å². The molecule has 0 saturated heterocycles. The van der Waals surface area contributed by atoms with Crippen LogP contribution in [-0.2, 0) is 35.5 Å². The second-order valence-electron chi connectivity index (χ2n) is 14.4. The summed E-state index contributed by atoms with van der Waals surface area (Å²) < 4.78 is 10.9. The second-order valence-corrected chi connectivity index (χ2v) is 28.2. The van der Waals surface area contributed by atoms with Gasteiger partial charge in [-0.25, -0.2) is 0 Å². The number of rotatable bonds is 4. The van der Waals surface area contributed by atoms with Gasteiger partial charge in [0.05, 0.1) is 0 Å². The molecule has 0 fully saturated rings. The normalized spacial score (nSPS) is 14.3. The van der Waals surface area contributed by atoms with Crippen LogP contribution in [0.15, 0.2) is 100 Å². The summed E-state index contributed by atoms with van der Waals surface area (Å²) in [4.78, 5) is 0. The van der Waals surface area contributed by atoms with E-state index in [1.807, 2.05) is 12.1 Å². The number of fused-ring (bicyclic) bond motifs is 3. The van der Waals surface area contributed by atoms with Gasteiger partial charge in [-0.05, 0) is 0 Å². The molecule has 0 aromatic heterocycles. The van der Waals surface area contributed by atoms with Gasteiger partial charge in [0.25, 0.3) is 0 Å². The van der Waals surface area contributed by atoms with Gasteiger partial charge >= 0.3 is 265 Å². The van der Waals surface area contributed by atoms with Crippen molar-refractivity contribution in [1.82, 2.24) is 0 Å². The molecule has 0 saturated carbocycles. The van der Waals surface area contributed by atoms with Crippen LogP contribution in [-0.4, -0.2) is 4.21 Å². The van der Waals surface area contributed by atoms with Gasteiger partial charge in [0, 0.05) is 0 Å². The van der Waals surface area contributed by atoms with Gasteiger partial charge < -0.3 is 0 Å². The molecule has 0 atom stereocenters. The molecule has 0 amide bonds. The average molecular weight is 744 g/mol. The first-order valence-electron chi connectivity index (χ1n) is 14.9. The number of hydrogen-bond donors (Lipinski definition) is 0. The van der Waals surface area contributed by atoms with E-state index in [-0.39, 0.29) is 35.6 Å². The van der Waals surface area contributed by atoms with E-state index >= 15 is 0 Å². The van der Waals surface area contributed by atoms with Crippen molar-refractivity contribution in [2.75, 3.05) is 0 Å². The monoisotopic (exact) mass is 740 g/mol. The molecular formula is C39H42Cl4Zr. The van der Waals surface area contributed by atoms with Crippen LogP contribution in [0.5, 0.6) is 0 Å². The van der Waals surface area contributed by atoms with Crippen LogP contribution in [0.4, 0.5) is 0 Å². The molecule has 0 spiro atoms. The van der Waals surface area contributed by atoms with Crippen LogP contribution >= 0.6 is 48.0 Å². The Morgan fingerprint density at radius 2 is 1.25 bits per heavy atom. The van der Waals surface area contributed by atoms with Crippen molar-refractivity contribution in [2.24, 2.45) is 0 Å². The fourth-order valence-electron chi connectivity index (χ4n) is 7.21. The topological polar surface area (TPSA) is 0 Å². The first-order chi connectivity index (χ1) is 19.7. The predicted molar refractivity (Wildman–Crippen MR) is 197 cm³/mol. The van der Waals surface area contributed by atoms with Gasteiger partial charge in [0.1, 0.15) is 0 Å². The summed E-state index contributed by atoms with van der Waals surface area (Å²) in [6, 6.07) is 29.2. The molecule has 0 aliphatic heterocycles. The zero-order valence-corrected chi connectivity index (χ0v) is 32.0. The van der Waals surface area contributed by atoms with Crippen molar-refractivity contribution in [3.63, 3.8) is 0 Å². The summed E-state index contributed by atoms with van der Waals surface area (Å²) in [5.41, 5.74) is 8.26. The molecule has 0 N–H and O–H groups in total. The summed E-state index contributed by atoms with van der Waals surface area (Å²) in [6.07, 6.45) is 8.61. The summed E-state index contributed by atoms with van der Waals surface area (Å²) in [6.45, 7) is 13.9. The maximum atomic E-state index is 6.82. The van der Waals surface area contributed by atoms with Crippen LogP contribution in [0.1, 0.15) is 70.2 Å². The van der Waals surface area contributed by atoms with Crippen LogP contribution in [0.3, 0.4) is 0 Å². The van der Waals surface area contributed by atoms with E-state index in [1.54, 1.807) is 0 Å². The Labute approximate surface area is 287 Å². The summed E-state index contributed by atoms with van der Waals surface area (Å²) >= 11 is 8.73. The number of hydrogen-bond acceptors (Lipinski definition) is 0. The Morgan fingerprint density at radius 3 is 1.75 bits per heavy atom. The summed E-state index contributed by atoms with van der Waals surface area (Å²) in [5.74, 6) is 0. The van der Waals surface area contributed by atoms with Crippen molar-refractivity contribution in [3.8, 4) is 11.1 Å². The molecule has 0 heterocycles. The molecule has 0 unspecified atom stereocenters. The summed E-state index contributed by atoms with van der Waals surface area (Å²) in [5, 5.41) is 1.48. The quantitative estimate of drug-likeness (QED) is 0.172. The molecule has 6 rings (SSSR count). The van der Waals surface area contributed by atoms with Gasteiger partial charge in [-0.2, -0.15) is 0 Å². The van der Waals surface area contributed by atoms with Crippen molar-refractivity contribution in [1.29, 1.82) is 0 Å². The van der Waals surface area contributed by atoms with E-state index < -0.39 is 18.3 Å². The molecular weight excluding hydrogens is 701 g/mol. The molecule has 5 heteroatoms. The average Bonchev–Trinajstić information content (AvgIpc) is 3.60. The zero-order chi connectivity index (χ0) is 30.1. The third-order valence-corrected chi connectivity index (χ3v) is 26.4. The van der Waals surface area contributed by atoms with Gasteiger partial charge in [-0.1, -0.05) is 0 Å². The SMILES string of the molecule is Cl.Cl.[CH2]=[Zr]([C]1=CC=CC1)([c]1cccc(Cl)c1)([c]1cccc(Cl)c1)[c]1cc(C(C)(C)C)cc2c1Cc1ccc(C(C)(C)C)cc1-2. The number of allylic oxidation sites excluding steroid dienone is 4. The van der Waals surface area contributed by atoms with Crippen LogP contribution < -0.4 is 9.81 Å². The predicted octanol–water partition coefficient (Wildman–Crippen LogP) is 10.2. The van der Waals surface area contributed by atoms with Crippen LogP contribution in [0, 0.1) is 0 Å². The third-order valence-electron chi connectivity index (χ3n) is 9.75. The van der Waals surface area contributed by atoms with Gasteiger partial charge in [-0.15, -0.1) is 24.8 Å². The van der Waals surface area contributed by atoms with E-state index in [1.165, 1.54) is 46.5 Å². The number of benzene rings is 4. The third kappa shape index (κ3) is 5.50. The first kappa shape index (κ1) is 35.1. The molecule has 4 aromatic carbocycles. The van der Waals surface area contributed by atoms with Crippen LogP contribution in [0.2, 0.25) is 10.0 Å². The van der Waals surface area contributed by atoms with Crippen molar-refractivity contribution in [2.45, 2.75) is 65.2 Å². The van der Waals surface area contributed by atoms with Crippen molar-refractivity contribution in [3.05, 3.63) is 133 Å². The van der Waals surface area contributed by atoms with Crippen molar-refractivity contribution < 1.29 is 18.3 Å². The molecule has 0 bridgehead atoms. The van der Waals surface area contributed by atoms with Crippen LogP contribution in [0.25, 0.3) is 11.1 Å². The molecule has 44 heavy (non-hydrogen) atoms. The van der Waals surface area contributed by atoms with Gasteiger partial charge in [-0.3, -0.25) is 0 Å². The molecule has 4 aromatic rings. The molecule has 0 nitrogen and oxygen atoms in total. The van der Waals surface area contributed by atoms with E-state index in [0.717, 1.165) is 22.9 Å². The number of halogens is 4. The van der Waals surface area contributed by atoms with E-state index in [4.69, 9.17) is 27.4 Å². The van der Waals surface area contributed by atoms with E-state index in [0.29, 0.717) is 0 Å². The Balaban J connectivity index is 0.00000221. The van der Waals surface area contributed by atoms with Gasteiger partial charge in [0.15, 0.2) is 0 Å². The Bertz CT molecular complexity index is 1830. The minimum atomic E-state index is -4.92. The zero-order valence-electron chi connectivity index (χ0n) is 26.4. The Hall–Kier alpha value is -1.73. The fourth-order valence-corrected chi connectivity index (χ4v) is 23.6. The summed E-state index contributed by atoms with van der Waals surface area (Å²) in [7, 11) is 0. The minimum absolute atomic E-state index is 0. The molecule has 0 radical (unpaired) electrons. The Morgan fingerprint density at radius 1 is 0.682 bits per heavy atom. The molecule has 230 valence electrons. The maximum absolute atomic E-state index is 6.82. The second kappa shape index (κ2) is 12.1. The standard InChI is InChI=1S/C21H25.2C6H4Cl.C5H5.CH2.2ClH.Zr/c1-20(2,3)16-9-7-14-11-15-8-10-17(21(4,5)6)13-19(15)18(14)12-16;2*7-6-4-2-1-3-5-6;1-2-4-5-3-1;;;;/h7,9-10,12-13H,11H2,1-6H3;2*1-2,4-5H;1-3H,4H2;1H2;2*1H;. The fraction of sp³-hybridized carbons (Fsp3) is 0.256.